The van der Waals surface area contributed by atoms with Crippen LogP contribution < -0.4 is 25.3 Å². The summed E-state index contributed by atoms with van der Waals surface area (Å²) < 4.78 is 16.6. The number of carbonyl (C=O) groups is 3. The van der Waals surface area contributed by atoms with Gasteiger partial charge in [-0.15, -0.1) is 0 Å². The van der Waals surface area contributed by atoms with Crippen LogP contribution >= 0.6 is 0 Å². The van der Waals surface area contributed by atoms with Crippen LogP contribution in [0.4, 0.5) is 0 Å². The van der Waals surface area contributed by atoms with Crippen molar-refractivity contribution < 1.29 is 28.6 Å². The molecule has 3 atom stereocenters. The number of piperidine rings is 1. The van der Waals surface area contributed by atoms with Crippen LogP contribution in [0.25, 0.3) is 0 Å². The minimum absolute atomic E-state index is 0.0715. The summed E-state index contributed by atoms with van der Waals surface area (Å²) in [4.78, 5) is 40.5. The molecular weight excluding hydrogens is 450 g/mol. The largest absolute Gasteiger partial charge is 0.493 e. The average Bonchev–Trinajstić information content (AvgIpc) is 2.88. The predicted octanol–water partition coefficient (Wildman–Crippen LogP) is 2.75. The lowest BCUT2D eigenvalue weighted by molar-refractivity contribution is -0.145. The van der Waals surface area contributed by atoms with Crippen molar-refractivity contribution in [1.29, 1.82) is 0 Å². The molecule has 0 bridgehead atoms. The van der Waals surface area contributed by atoms with E-state index in [2.05, 4.69) is 5.32 Å². The van der Waals surface area contributed by atoms with Gasteiger partial charge in [0, 0.05) is 6.54 Å². The van der Waals surface area contributed by atoms with E-state index in [9.17, 15) is 14.4 Å². The third-order valence-electron chi connectivity index (χ3n) is 7.31. The Bertz CT molecular complexity index is 889. The molecule has 9 heteroatoms. The number of likely N-dealkylation sites (tertiary alicyclic amines) is 1. The average molecular weight is 490 g/mol. The van der Waals surface area contributed by atoms with E-state index in [4.69, 9.17) is 19.9 Å². The molecule has 9 nitrogen and oxygen atoms in total. The highest BCUT2D eigenvalue weighted by Gasteiger charge is 2.40. The van der Waals surface area contributed by atoms with Crippen molar-refractivity contribution in [3.05, 3.63) is 17.7 Å². The first-order valence-electron chi connectivity index (χ1n) is 12.5. The Morgan fingerprint density at radius 1 is 0.943 bits per heavy atom. The molecule has 0 spiro atoms. The summed E-state index contributed by atoms with van der Waals surface area (Å²) in [6.07, 6.45) is 7.39. The number of ether oxygens (including phenoxy) is 3. The Balaban J connectivity index is 2.00. The van der Waals surface area contributed by atoms with Crippen LogP contribution in [0.5, 0.6) is 17.2 Å². The van der Waals surface area contributed by atoms with E-state index >= 15 is 0 Å². The molecule has 1 saturated carbocycles. The molecule has 3 N–H and O–H groups in total. The molecule has 2 fully saturated rings. The van der Waals surface area contributed by atoms with Gasteiger partial charge >= 0.3 is 0 Å². The van der Waals surface area contributed by atoms with E-state index in [0.29, 0.717) is 30.2 Å². The number of methoxy groups -OCH3 is 3. The highest BCUT2D eigenvalue weighted by atomic mass is 16.5. The normalized spacial score (nSPS) is 20.5. The Labute approximate surface area is 207 Å². The summed E-state index contributed by atoms with van der Waals surface area (Å²) in [6, 6.07) is 2.27. The van der Waals surface area contributed by atoms with E-state index in [1.807, 2.05) is 12.1 Å². The van der Waals surface area contributed by atoms with Crippen molar-refractivity contribution in [2.75, 3.05) is 27.9 Å². The number of carbonyl (C=O) groups excluding carboxylic acids is 3. The van der Waals surface area contributed by atoms with Gasteiger partial charge in [0.2, 0.25) is 23.5 Å². The van der Waals surface area contributed by atoms with Crippen LogP contribution in [-0.4, -0.2) is 62.6 Å². The van der Waals surface area contributed by atoms with Crippen molar-refractivity contribution >= 4 is 17.7 Å². The van der Waals surface area contributed by atoms with Crippen molar-refractivity contribution in [2.45, 2.75) is 76.3 Å². The maximum atomic E-state index is 14.2. The van der Waals surface area contributed by atoms with Gasteiger partial charge in [0.15, 0.2) is 11.5 Å². The number of benzene rings is 1. The second kappa shape index (κ2) is 12.1. The molecule has 3 amide bonds. The molecule has 35 heavy (non-hydrogen) atoms. The lowest BCUT2D eigenvalue weighted by Gasteiger charge is -2.40. The molecule has 1 aromatic carbocycles. The number of hydrogen-bond donors (Lipinski definition) is 2. The maximum absolute atomic E-state index is 14.2. The van der Waals surface area contributed by atoms with Crippen LogP contribution in [-0.2, 0) is 14.4 Å². The fourth-order valence-electron chi connectivity index (χ4n) is 5.39. The van der Waals surface area contributed by atoms with Crippen LogP contribution in [0.2, 0.25) is 0 Å². The number of nitrogens with two attached hydrogens (primary N) is 1. The first-order chi connectivity index (χ1) is 16.8. The molecule has 1 aliphatic carbocycles. The molecule has 1 saturated heterocycles. The highest BCUT2D eigenvalue weighted by molar-refractivity contribution is 5.93. The minimum atomic E-state index is -0.800. The number of amides is 3. The summed E-state index contributed by atoms with van der Waals surface area (Å²) in [6.45, 7) is 2.05. The summed E-state index contributed by atoms with van der Waals surface area (Å²) in [5, 5.41) is 2.68. The number of nitrogens with zero attached hydrogens (tertiary/aromatic N) is 1. The molecule has 0 unspecified atom stereocenters. The molecule has 1 heterocycles. The summed E-state index contributed by atoms with van der Waals surface area (Å²) in [5.41, 5.74) is 6.14. The van der Waals surface area contributed by atoms with Gasteiger partial charge in [-0.3, -0.25) is 14.4 Å². The van der Waals surface area contributed by atoms with Gasteiger partial charge in [0.1, 0.15) is 12.1 Å². The van der Waals surface area contributed by atoms with Gasteiger partial charge < -0.3 is 30.2 Å². The Hall–Kier alpha value is -2.97. The van der Waals surface area contributed by atoms with Gasteiger partial charge in [0.25, 0.3) is 0 Å². The standard InChI is InChI=1S/C26H39N3O6/c1-16(24(27)30)28-25(31)19-12-8-9-13-29(19)26(32)22(17-10-6-5-7-11-17)18-14-20(33-2)23(35-4)21(15-18)34-3/h14-17,19,22H,5-13H2,1-4H3,(H2,27,30)(H,28,31)/t16-,19+,22+/m1/s1. The lowest BCUT2D eigenvalue weighted by atomic mass is 9.75. The first kappa shape index (κ1) is 26.6. The number of nitrogens with one attached hydrogen (secondary N) is 1. The third kappa shape index (κ3) is 6.00. The Morgan fingerprint density at radius 3 is 2.09 bits per heavy atom. The quantitative estimate of drug-likeness (QED) is 0.550. The third-order valence-corrected chi connectivity index (χ3v) is 7.31. The van der Waals surface area contributed by atoms with Gasteiger partial charge in [-0.2, -0.15) is 0 Å². The van der Waals surface area contributed by atoms with E-state index in [1.165, 1.54) is 0 Å². The SMILES string of the molecule is COc1cc([C@@H](C(=O)N2CCCC[C@H]2C(=O)N[C@H](C)C(N)=O)C2CCCCC2)cc(OC)c1OC. The first-order valence-corrected chi connectivity index (χ1v) is 12.5. The van der Waals surface area contributed by atoms with Crippen LogP contribution in [0.3, 0.4) is 0 Å². The molecule has 1 aromatic rings. The fraction of sp³-hybridized carbons (Fsp3) is 0.654. The van der Waals surface area contributed by atoms with Gasteiger partial charge in [-0.25, -0.2) is 0 Å². The Morgan fingerprint density at radius 2 is 1.54 bits per heavy atom. The predicted molar refractivity (Wildman–Crippen MR) is 132 cm³/mol. The maximum Gasteiger partial charge on any atom is 0.243 e. The van der Waals surface area contributed by atoms with E-state index in [0.717, 1.165) is 50.5 Å². The van der Waals surface area contributed by atoms with E-state index < -0.39 is 23.9 Å². The van der Waals surface area contributed by atoms with Crippen molar-refractivity contribution in [1.82, 2.24) is 10.2 Å². The molecule has 0 radical (unpaired) electrons. The topological polar surface area (TPSA) is 120 Å². The second-order valence-electron chi connectivity index (χ2n) is 9.51. The molecule has 1 aliphatic heterocycles. The summed E-state index contributed by atoms with van der Waals surface area (Å²) >= 11 is 0. The highest BCUT2D eigenvalue weighted by Crippen LogP contribution is 2.45. The smallest absolute Gasteiger partial charge is 0.243 e. The van der Waals surface area contributed by atoms with Gasteiger partial charge in [-0.1, -0.05) is 19.3 Å². The molecule has 2 aliphatic rings. The monoisotopic (exact) mass is 489 g/mol. The second-order valence-corrected chi connectivity index (χ2v) is 9.51. The lowest BCUT2D eigenvalue weighted by Crippen LogP contribution is -2.56. The minimum Gasteiger partial charge on any atom is -0.493 e. The summed E-state index contributed by atoms with van der Waals surface area (Å²) in [7, 11) is 4.67. The van der Waals surface area contributed by atoms with Crippen LogP contribution in [0.15, 0.2) is 12.1 Å². The van der Waals surface area contributed by atoms with Crippen LogP contribution in [0.1, 0.15) is 69.8 Å². The zero-order valence-electron chi connectivity index (χ0n) is 21.3. The Kier molecular flexibility index (Phi) is 9.23. The van der Waals surface area contributed by atoms with E-state index in [1.54, 1.807) is 33.2 Å². The zero-order valence-corrected chi connectivity index (χ0v) is 21.3. The van der Waals surface area contributed by atoms with Crippen molar-refractivity contribution in [2.24, 2.45) is 11.7 Å². The van der Waals surface area contributed by atoms with Gasteiger partial charge in [-0.05, 0) is 62.6 Å². The number of primary amides is 1. The van der Waals surface area contributed by atoms with E-state index in [-0.39, 0.29) is 17.7 Å². The molecular formula is C26H39N3O6. The summed E-state index contributed by atoms with van der Waals surface area (Å²) in [5.74, 6) is 0.167. The zero-order chi connectivity index (χ0) is 25.5. The van der Waals surface area contributed by atoms with Crippen molar-refractivity contribution in [3.8, 4) is 17.2 Å². The van der Waals surface area contributed by atoms with Crippen LogP contribution in [0, 0.1) is 5.92 Å². The fourth-order valence-corrected chi connectivity index (χ4v) is 5.39. The molecule has 3 rings (SSSR count). The molecule has 194 valence electrons. The van der Waals surface area contributed by atoms with Crippen molar-refractivity contribution in [3.63, 3.8) is 0 Å². The number of rotatable bonds is 9. The number of hydrogen-bond acceptors (Lipinski definition) is 6. The van der Waals surface area contributed by atoms with Gasteiger partial charge in [0.05, 0.1) is 27.2 Å². The molecule has 0 aromatic heterocycles.